The number of carbonyl (C=O) groups excluding carboxylic acids is 1. The Balaban J connectivity index is 3.06. The molecule has 6 heteroatoms. The minimum absolute atomic E-state index is 0.291. The van der Waals surface area contributed by atoms with Crippen LogP contribution in [-0.2, 0) is 9.59 Å². The van der Waals surface area contributed by atoms with Crippen LogP contribution in [0.2, 0.25) is 5.02 Å². The van der Waals surface area contributed by atoms with Crippen molar-refractivity contribution in [1.82, 2.24) is 5.32 Å². The fourth-order valence-corrected chi connectivity index (χ4v) is 1.51. The van der Waals surface area contributed by atoms with Gasteiger partial charge in [0.25, 0.3) is 0 Å². The van der Waals surface area contributed by atoms with Crippen molar-refractivity contribution in [2.24, 2.45) is 0 Å². The number of methoxy groups -OCH3 is 1. The molecule has 1 atom stereocenters. The number of hydrogen-bond acceptors (Lipinski definition) is 3. The summed E-state index contributed by atoms with van der Waals surface area (Å²) in [6.07, 6.45) is 0.330. The molecule has 0 saturated carbocycles. The summed E-state index contributed by atoms with van der Waals surface area (Å²) in [4.78, 5) is 21.1. The number of benzene rings is 1. The monoisotopic (exact) mass is 243 g/mol. The molecule has 2 N–H and O–H groups in total. The number of rotatable bonds is 5. The quantitative estimate of drug-likeness (QED) is 0.763. The van der Waals surface area contributed by atoms with Gasteiger partial charge in [-0.25, -0.2) is 4.79 Å². The Kier molecular flexibility index (Phi) is 4.13. The summed E-state index contributed by atoms with van der Waals surface area (Å²) in [6.45, 7) is 0. The van der Waals surface area contributed by atoms with Crippen LogP contribution in [0.1, 0.15) is 11.6 Å². The van der Waals surface area contributed by atoms with E-state index in [4.69, 9.17) is 21.4 Å². The number of carbonyl (C=O) groups is 2. The minimum atomic E-state index is -1.16. The van der Waals surface area contributed by atoms with Gasteiger partial charge in [0.2, 0.25) is 6.41 Å². The van der Waals surface area contributed by atoms with Crippen molar-refractivity contribution < 1.29 is 19.4 Å². The first kappa shape index (κ1) is 12.3. The zero-order valence-corrected chi connectivity index (χ0v) is 9.19. The standard InChI is InChI=1S/C10H10ClNO4/c1-16-8-3-2-6(4-7(8)11)9(10(14)15)12-5-13/h2-5,9H,1H3,(H,12,13)(H,14,15). The first-order valence-electron chi connectivity index (χ1n) is 4.36. The summed E-state index contributed by atoms with van der Waals surface area (Å²) in [5, 5.41) is 11.4. The average molecular weight is 244 g/mol. The van der Waals surface area contributed by atoms with Crippen molar-refractivity contribution in [3.63, 3.8) is 0 Å². The maximum absolute atomic E-state index is 10.9. The Morgan fingerprint density at radius 2 is 2.31 bits per heavy atom. The van der Waals surface area contributed by atoms with Crippen molar-refractivity contribution >= 4 is 24.0 Å². The van der Waals surface area contributed by atoms with E-state index >= 15 is 0 Å². The van der Waals surface area contributed by atoms with Crippen molar-refractivity contribution in [2.45, 2.75) is 6.04 Å². The van der Waals surface area contributed by atoms with Crippen molar-refractivity contribution in [3.05, 3.63) is 28.8 Å². The zero-order chi connectivity index (χ0) is 12.1. The maximum atomic E-state index is 10.9. The fourth-order valence-electron chi connectivity index (χ4n) is 1.24. The van der Waals surface area contributed by atoms with Crippen LogP contribution in [0, 0.1) is 0 Å². The molecule has 1 rings (SSSR count). The summed E-state index contributed by atoms with van der Waals surface area (Å²) in [5.74, 6) is -0.714. The summed E-state index contributed by atoms with van der Waals surface area (Å²) in [7, 11) is 1.46. The predicted molar refractivity (Wildman–Crippen MR) is 57.6 cm³/mol. The Morgan fingerprint density at radius 3 is 2.75 bits per heavy atom. The molecular formula is C10H10ClNO4. The highest BCUT2D eigenvalue weighted by Gasteiger charge is 2.19. The van der Waals surface area contributed by atoms with Gasteiger partial charge in [0.05, 0.1) is 12.1 Å². The van der Waals surface area contributed by atoms with Gasteiger partial charge in [0, 0.05) is 0 Å². The maximum Gasteiger partial charge on any atom is 0.330 e. The molecule has 0 radical (unpaired) electrons. The number of hydrogen-bond donors (Lipinski definition) is 2. The third-order valence-electron chi connectivity index (χ3n) is 1.99. The lowest BCUT2D eigenvalue weighted by Gasteiger charge is -2.12. The fraction of sp³-hybridized carbons (Fsp3) is 0.200. The average Bonchev–Trinajstić information content (AvgIpc) is 2.25. The minimum Gasteiger partial charge on any atom is -0.495 e. The van der Waals surface area contributed by atoms with Gasteiger partial charge in [0.1, 0.15) is 5.75 Å². The van der Waals surface area contributed by atoms with Crippen LogP contribution in [-0.4, -0.2) is 24.6 Å². The molecule has 0 bridgehead atoms. The number of nitrogens with one attached hydrogen (secondary N) is 1. The molecule has 0 fully saturated rings. The van der Waals surface area contributed by atoms with Crippen LogP contribution in [0.3, 0.4) is 0 Å². The summed E-state index contributed by atoms with van der Waals surface area (Å²) < 4.78 is 4.93. The van der Waals surface area contributed by atoms with Gasteiger partial charge in [-0.1, -0.05) is 17.7 Å². The van der Waals surface area contributed by atoms with Crippen molar-refractivity contribution in [2.75, 3.05) is 7.11 Å². The molecule has 86 valence electrons. The molecule has 1 unspecified atom stereocenters. The van der Waals surface area contributed by atoms with Crippen LogP contribution >= 0.6 is 11.6 Å². The highest BCUT2D eigenvalue weighted by molar-refractivity contribution is 6.32. The number of carboxylic acids is 1. The molecule has 5 nitrogen and oxygen atoms in total. The molecule has 0 aromatic heterocycles. The molecule has 0 heterocycles. The summed E-state index contributed by atoms with van der Waals surface area (Å²) in [5.41, 5.74) is 0.380. The Hall–Kier alpha value is -1.75. The lowest BCUT2D eigenvalue weighted by molar-refractivity contribution is -0.140. The van der Waals surface area contributed by atoms with Gasteiger partial charge < -0.3 is 15.2 Å². The molecule has 1 aromatic rings. The number of aliphatic carboxylic acids is 1. The Morgan fingerprint density at radius 1 is 1.62 bits per heavy atom. The molecule has 0 spiro atoms. The lowest BCUT2D eigenvalue weighted by Crippen LogP contribution is -2.27. The molecule has 0 aliphatic carbocycles. The van der Waals surface area contributed by atoms with E-state index in [9.17, 15) is 9.59 Å². The van der Waals surface area contributed by atoms with E-state index in [2.05, 4.69) is 5.32 Å². The second-order valence-electron chi connectivity index (χ2n) is 2.95. The molecule has 16 heavy (non-hydrogen) atoms. The number of carboxylic acid groups (broad SMARTS) is 1. The van der Waals surface area contributed by atoms with Crippen LogP contribution in [0.15, 0.2) is 18.2 Å². The number of halogens is 1. The van der Waals surface area contributed by atoms with Gasteiger partial charge in [-0.3, -0.25) is 4.79 Å². The molecule has 1 amide bonds. The van der Waals surface area contributed by atoms with Gasteiger partial charge in [0.15, 0.2) is 6.04 Å². The van der Waals surface area contributed by atoms with E-state index in [1.165, 1.54) is 19.2 Å². The van der Waals surface area contributed by atoms with Crippen LogP contribution in [0.5, 0.6) is 5.75 Å². The second-order valence-corrected chi connectivity index (χ2v) is 3.36. The van der Waals surface area contributed by atoms with E-state index < -0.39 is 12.0 Å². The Bertz CT molecular complexity index is 408. The molecule has 0 saturated heterocycles. The van der Waals surface area contributed by atoms with Crippen LogP contribution in [0.4, 0.5) is 0 Å². The summed E-state index contributed by atoms with van der Waals surface area (Å²) in [6, 6.07) is 3.40. The first-order valence-corrected chi connectivity index (χ1v) is 4.74. The Labute approximate surface area is 97.0 Å². The molecule has 0 aliphatic rings. The highest BCUT2D eigenvalue weighted by atomic mass is 35.5. The normalized spacial score (nSPS) is 11.6. The second kappa shape index (κ2) is 5.37. The van der Waals surface area contributed by atoms with Gasteiger partial charge in [-0.2, -0.15) is 0 Å². The predicted octanol–water partition coefficient (Wildman–Crippen LogP) is 1.22. The van der Waals surface area contributed by atoms with Crippen LogP contribution in [0.25, 0.3) is 0 Å². The van der Waals surface area contributed by atoms with Gasteiger partial charge >= 0.3 is 5.97 Å². The molecule has 0 aliphatic heterocycles. The SMILES string of the molecule is COc1ccc(C(NC=O)C(=O)O)cc1Cl. The summed E-state index contributed by atoms with van der Waals surface area (Å²) >= 11 is 5.84. The number of ether oxygens (including phenoxy) is 1. The third-order valence-corrected chi connectivity index (χ3v) is 2.29. The van der Waals surface area contributed by atoms with Crippen molar-refractivity contribution in [3.8, 4) is 5.75 Å². The van der Waals surface area contributed by atoms with E-state index in [0.29, 0.717) is 22.7 Å². The van der Waals surface area contributed by atoms with Crippen molar-refractivity contribution in [1.29, 1.82) is 0 Å². The largest absolute Gasteiger partial charge is 0.495 e. The topological polar surface area (TPSA) is 75.6 Å². The lowest BCUT2D eigenvalue weighted by atomic mass is 10.1. The molecular weight excluding hydrogens is 234 g/mol. The van der Waals surface area contributed by atoms with E-state index in [1.807, 2.05) is 0 Å². The van der Waals surface area contributed by atoms with Gasteiger partial charge in [-0.15, -0.1) is 0 Å². The molecule has 1 aromatic carbocycles. The van der Waals surface area contributed by atoms with E-state index in [-0.39, 0.29) is 0 Å². The van der Waals surface area contributed by atoms with E-state index in [0.717, 1.165) is 0 Å². The van der Waals surface area contributed by atoms with Gasteiger partial charge in [-0.05, 0) is 17.7 Å². The van der Waals surface area contributed by atoms with Crippen LogP contribution < -0.4 is 10.1 Å². The first-order chi connectivity index (χ1) is 7.60. The zero-order valence-electron chi connectivity index (χ0n) is 8.44. The number of amides is 1. The highest BCUT2D eigenvalue weighted by Crippen LogP contribution is 2.27. The third kappa shape index (κ3) is 2.64. The van der Waals surface area contributed by atoms with E-state index in [1.54, 1.807) is 6.07 Å². The smallest absolute Gasteiger partial charge is 0.330 e.